The van der Waals surface area contributed by atoms with Crippen molar-refractivity contribution in [3.05, 3.63) is 57.8 Å². The molecule has 31 heavy (non-hydrogen) atoms. The molecule has 0 bridgehead atoms. The predicted octanol–water partition coefficient (Wildman–Crippen LogP) is 4.38. The molecule has 2 heterocycles. The van der Waals surface area contributed by atoms with Gasteiger partial charge < -0.3 is 15.2 Å². The number of ether oxygens (including phenoxy) is 1. The molecule has 2 N–H and O–H groups in total. The number of hydrogen-bond acceptors (Lipinski definition) is 6. The number of Topliss-reactive ketones (excluding diaryl/α,β-unsaturated/α-hetero) is 1. The van der Waals surface area contributed by atoms with Crippen LogP contribution in [0.15, 0.2) is 57.3 Å². The molecule has 7 nitrogen and oxygen atoms in total. The number of ketones is 1. The average Bonchev–Trinajstić information content (AvgIpc) is 2.75. The van der Waals surface area contributed by atoms with E-state index >= 15 is 0 Å². The van der Waals surface area contributed by atoms with Gasteiger partial charge in [0.15, 0.2) is 17.3 Å². The molecule has 2 aromatic rings. The van der Waals surface area contributed by atoms with Crippen LogP contribution < -0.4 is 10.1 Å². The second-order valence-corrected chi connectivity index (χ2v) is 8.54. The van der Waals surface area contributed by atoms with Gasteiger partial charge in [0.25, 0.3) is 0 Å². The number of carbonyl (C=O) groups excluding carboxylic acids is 2. The molecule has 2 atom stereocenters. The third kappa shape index (κ3) is 4.12. The number of benzene rings is 1. The summed E-state index contributed by atoms with van der Waals surface area (Å²) in [7, 11) is 1.46. The van der Waals surface area contributed by atoms with Crippen LogP contribution in [-0.2, 0) is 9.59 Å². The van der Waals surface area contributed by atoms with Crippen molar-refractivity contribution in [2.45, 2.75) is 32.1 Å². The van der Waals surface area contributed by atoms with Crippen molar-refractivity contribution in [2.75, 3.05) is 12.4 Å². The zero-order valence-corrected chi connectivity index (χ0v) is 18.8. The van der Waals surface area contributed by atoms with E-state index in [1.54, 1.807) is 30.5 Å². The minimum absolute atomic E-state index is 0.00307. The largest absolute Gasteiger partial charge is 0.504 e. The van der Waals surface area contributed by atoms with Gasteiger partial charge in [-0.1, -0.05) is 6.07 Å². The monoisotopic (exact) mass is 483 g/mol. The Morgan fingerprint density at radius 2 is 2.06 bits per heavy atom. The smallest absolute Gasteiger partial charge is 0.235 e. The number of aromatic nitrogens is 1. The topological polar surface area (TPSA) is 101 Å². The molecular weight excluding hydrogens is 462 g/mol. The number of aliphatic imine (C=N–C) groups is 1. The second kappa shape index (κ2) is 8.63. The van der Waals surface area contributed by atoms with Gasteiger partial charge in [-0.15, -0.1) is 0 Å². The third-order valence-corrected chi connectivity index (χ3v) is 6.13. The lowest BCUT2D eigenvalue weighted by molar-refractivity contribution is -0.119. The van der Waals surface area contributed by atoms with E-state index in [4.69, 9.17) is 4.74 Å². The first-order valence-corrected chi connectivity index (χ1v) is 10.8. The van der Waals surface area contributed by atoms with Gasteiger partial charge in [0.1, 0.15) is 5.82 Å². The molecule has 0 spiro atoms. The van der Waals surface area contributed by atoms with Gasteiger partial charge in [-0.05, 0) is 65.5 Å². The van der Waals surface area contributed by atoms with Crippen LogP contribution in [0, 0.1) is 5.92 Å². The Hall–Kier alpha value is -3.00. The van der Waals surface area contributed by atoms with Crippen molar-refractivity contribution in [1.29, 1.82) is 0 Å². The fourth-order valence-electron chi connectivity index (χ4n) is 4.25. The van der Waals surface area contributed by atoms with Crippen LogP contribution in [0.4, 0.5) is 5.82 Å². The molecule has 0 saturated heterocycles. The molecule has 160 valence electrons. The van der Waals surface area contributed by atoms with Crippen LogP contribution in [0.5, 0.6) is 11.5 Å². The molecule has 1 unspecified atom stereocenters. The second-order valence-electron chi connectivity index (χ2n) is 7.63. The Labute approximate surface area is 188 Å². The highest BCUT2D eigenvalue weighted by molar-refractivity contribution is 9.10. The number of phenols is 1. The molecule has 0 fully saturated rings. The van der Waals surface area contributed by atoms with E-state index in [0.717, 1.165) is 22.2 Å². The maximum absolute atomic E-state index is 13.4. The number of rotatable bonds is 4. The normalized spacial score (nSPS) is 20.7. The molecule has 1 aliphatic carbocycles. The minimum atomic E-state index is -0.694. The lowest BCUT2D eigenvalue weighted by Gasteiger charge is -2.35. The number of carbonyl (C=O) groups is 2. The third-order valence-electron chi connectivity index (χ3n) is 5.66. The number of phenolic OH excluding ortho intramolecular Hbond substituents is 1. The molecular formula is C23H22BrN3O4. The standard InChI is InChI=1S/C23H22BrN3O4/c1-12-20(23(30)27-19-9-7-14(24)11-25-19)21(13-6-8-16(28)18(10-13)31-2)22-15(26-12)4-3-5-17(22)29/h6-11,20-21,28H,3-5H2,1-2H3,(H,25,27,30)/t20?,21-/m1/s1. The number of anilines is 1. The van der Waals surface area contributed by atoms with Crippen molar-refractivity contribution < 1.29 is 19.4 Å². The van der Waals surface area contributed by atoms with Crippen LogP contribution in [-0.4, -0.2) is 34.6 Å². The Balaban J connectivity index is 1.79. The van der Waals surface area contributed by atoms with Gasteiger partial charge in [0.05, 0.1) is 13.0 Å². The number of nitrogens with zero attached hydrogens (tertiary/aromatic N) is 2. The Bertz CT molecular complexity index is 1110. The molecule has 1 aromatic heterocycles. The van der Waals surface area contributed by atoms with E-state index in [1.165, 1.54) is 13.2 Å². The Kier molecular flexibility index (Phi) is 5.91. The molecule has 4 rings (SSSR count). The summed E-state index contributed by atoms with van der Waals surface area (Å²) >= 11 is 3.33. The summed E-state index contributed by atoms with van der Waals surface area (Å²) in [6.07, 6.45) is 3.49. The van der Waals surface area contributed by atoms with E-state index < -0.39 is 11.8 Å². The lowest BCUT2D eigenvalue weighted by Crippen LogP contribution is -2.39. The van der Waals surface area contributed by atoms with Crippen LogP contribution in [0.1, 0.15) is 37.7 Å². The Morgan fingerprint density at radius 3 is 2.77 bits per heavy atom. The van der Waals surface area contributed by atoms with Gasteiger partial charge in [0, 0.05) is 40.0 Å². The fraction of sp³-hybridized carbons (Fsp3) is 0.304. The van der Waals surface area contributed by atoms with Gasteiger partial charge in [-0.2, -0.15) is 0 Å². The van der Waals surface area contributed by atoms with Crippen molar-refractivity contribution in [3.8, 4) is 11.5 Å². The molecule has 1 aliphatic heterocycles. The molecule has 8 heteroatoms. The first-order chi connectivity index (χ1) is 14.9. The zero-order chi connectivity index (χ0) is 22.1. The summed E-state index contributed by atoms with van der Waals surface area (Å²) in [6, 6.07) is 8.42. The summed E-state index contributed by atoms with van der Waals surface area (Å²) in [4.78, 5) is 35.2. The van der Waals surface area contributed by atoms with E-state index in [-0.39, 0.29) is 23.2 Å². The summed E-state index contributed by atoms with van der Waals surface area (Å²) in [5.74, 6) is -0.802. The molecule has 1 amide bonds. The number of methoxy groups -OCH3 is 1. The van der Waals surface area contributed by atoms with Gasteiger partial charge in [0.2, 0.25) is 5.91 Å². The van der Waals surface area contributed by atoms with Crippen LogP contribution in [0.2, 0.25) is 0 Å². The summed E-state index contributed by atoms with van der Waals surface area (Å²) in [6.45, 7) is 1.81. The van der Waals surface area contributed by atoms with E-state index in [0.29, 0.717) is 29.9 Å². The minimum Gasteiger partial charge on any atom is -0.504 e. The van der Waals surface area contributed by atoms with Crippen LogP contribution >= 0.6 is 15.9 Å². The number of halogens is 1. The highest BCUT2D eigenvalue weighted by Crippen LogP contribution is 2.45. The SMILES string of the molecule is COc1cc([C@H]2C3=C(CCCC3=O)N=C(C)C2C(=O)Nc2ccc(Br)cn2)ccc1O. The highest BCUT2D eigenvalue weighted by atomic mass is 79.9. The van der Waals surface area contributed by atoms with Crippen molar-refractivity contribution in [3.63, 3.8) is 0 Å². The highest BCUT2D eigenvalue weighted by Gasteiger charge is 2.42. The summed E-state index contributed by atoms with van der Waals surface area (Å²) in [5.41, 5.74) is 2.68. The van der Waals surface area contributed by atoms with Crippen molar-refractivity contribution in [1.82, 2.24) is 4.98 Å². The van der Waals surface area contributed by atoms with Gasteiger partial charge >= 0.3 is 0 Å². The molecule has 1 aromatic carbocycles. The molecule has 0 radical (unpaired) electrons. The zero-order valence-electron chi connectivity index (χ0n) is 17.2. The number of pyridine rings is 1. The number of amides is 1. The quantitative estimate of drug-likeness (QED) is 0.671. The maximum atomic E-state index is 13.4. The van der Waals surface area contributed by atoms with E-state index in [1.807, 2.05) is 6.92 Å². The number of allylic oxidation sites excluding steroid dienone is 2. The Morgan fingerprint density at radius 1 is 1.26 bits per heavy atom. The van der Waals surface area contributed by atoms with Crippen LogP contribution in [0.3, 0.4) is 0 Å². The average molecular weight is 484 g/mol. The van der Waals surface area contributed by atoms with E-state index in [2.05, 4.69) is 31.2 Å². The molecule has 2 aliphatic rings. The summed E-state index contributed by atoms with van der Waals surface area (Å²) < 4.78 is 6.08. The van der Waals surface area contributed by atoms with Gasteiger partial charge in [-0.25, -0.2) is 4.98 Å². The van der Waals surface area contributed by atoms with Crippen molar-refractivity contribution in [2.24, 2.45) is 10.9 Å². The maximum Gasteiger partial charge on any atom is 0.235 e. The number of hydrogen-bond donors (Lipinski definition) is 2. The lowest BCUT2D eigenvalue weighted by atomic mass is 9.71. The molecule has 0 saturated carbocycles. The predicted molar refractivity (Wildman–Crippen MR) is 120 cm³/mol. The fourth-order valence-corrected chi connectivity index (χ4v) is 4.48. The van der Waals surface area contributed by atoms with Crippen molar-refractivity contribution >= 4 is 39.1 Å². The van der Waals surface area contributed by atoms with Crippen LogP contribution in [0.25, 0.3) is 0 Å². The van der Waals surface area contributed by atoms with Gasteiger partial charge in [-0.3, -0.25) is 14.6 Å². The first kappa shape index (κ1) is 21.2. The first-order valence-electron chi connectivity index (χ1n) is 9.99. The summed E-state index contributed by atoms with van der Waals surface area (Å²) in [5, 5.41) is 12.9. The number of aromatic hydroxyl groups is 1. The number of nitrogens with one attached hydrogen (secondary N) is 1. The van der Waals surface area contributed by atoms with E-state index in [9.17, 15) is 14.7 Å².